The van der Waals surface area contributed by atoms with Gasteiger partial charge in [0.25, 0.3) is 0 Å². The number of thiazole rings is 1. The third-order valence-electron chi connectivity index (χ3n) is 3.34. The second kappa shape index (κ2) is 6.62. The molecule has 0 aliphatic rings. The standard InChI is InChI=1S/C18H16N2O2S/c1-12(21)19-15-7-3-13(4-8-15)17-11-23-18(20-17)14-5-9-16(22-2)10-6-14/h3-11H,1-2H3,(H,19,21). The summed E-state index contributed by atoms with van der Waals surface area (Å²) in [6.45, 7) is 1.50. The highest BCUT2D eigenvalue weighted by molar-refractivity contribution is 7.13. The molecule has 116 valence electrons. The Morgan fingerprint density at radius 2 is 1.70 bits per heavy atom. The molecule has 0 aliphatic heterocycles. The van der Waals surface area contributed by atoms with E-state index in [0.717, 1.165) is 33.3 Å². The van der Waals surface area contributed by atoms with Gasteiger partial charge in [0.05, 0.1) is 12.8 Å². The van der Waals surface area contributed by atoms with Crippen LogP contribution >= 0.6 is 11.3 Å². The zero-order valence-corrected chi connectivity index (χ0v) is 13.7. The molecule has 0 spiro atoms. The lowest BCUT2D eigenvalue weighted by atomic mass is 10.1. The van der Waals surface area contributed by atoms with Crippen LogP contribution in [0.3, 0.4) is 0 Å². The van der Waals surface area contributed by atoms with Crippen LogP contribution in [0.4, 0.5) is 5.69 Å². The van der Waals surface area contributed by atoms with Crippen LogP contribution in [0.5, 0.6) is 5.75 Å². The first-order chi connectivity index (χ1) is 11.2. The molecule has 1 amide bonds. The molecule has 3 rings (SSSR count). The summed E-state index contributed by atoms with van der Waals surface area (Å²) in [4.78, 5) is 15.7. The first kappa shape index (κ1) is 15.2. The van der Waals surface area contributed by atoms with E-state index in [2.05, 4.69) is 10.3 Å². The predicted molar refractivity (Wildman–Crippen MR) is 93.8 cm³/mol. The van der Waals surface area contributed by atoms with Crippen molar-refractivity contribution in [1.82, 2.24) is 4.98 Å². The van der Waals surface area contributed by atoms with Crippen LogP contribution < -0.4 is 10.1 Å². The molecule has 0 aliphatic carbocycles. The van der Waals surface area contributed by atoms with Crippen molar-refractivity contribution in [3.63, 3.8) is 0 Å². The predicted octanol–water partition coefficient (Wildman–Crippen LogP) is 4.44. The molecule has 1 aromatic heterocycles. The lowest BCUT2D eigenvalue weighted by molar-refractivity contribution is -0.114. The average Bonchev–Trinajstić information content (AvgIpc) is 3.05. The first-order valence-corrected chi connectivity index (χ1v) is 8.01. The molecule has 0 unspecified atom stereocenters. The zero-order chi connectivity index (χ0) is 16.2. The van der Waals surface area contributed by atoms with E-state index in [4.69, 9.17) is 4.74 Å². The molecule has 0 fully saturated rings. The van der Waals surface area contributed by atoms with Crippen molar-refractivity contribution in [3.05, 3.63) is 53.9 Å². The van der Waals surface area contributed by atoms with E-state index >= 15 is 0 Å². The van der Waals surface area contributed by atoms with Gasteiger partial charge in [-0.3, -0.25) is 4.79 Å². The Kier molecular flexibility index (Phi) is 4.39. The molecule has 0 radical (unpaired) electrons. The number of nitrogens with one attached hydrogen (secondary N) is 1. The summed E-state index contributed by atoms with van der Waals surface area (Å²) in [7, 11) is 1.65. The van der Waals surface area contributed by atoms with E-state index < -0.39 is 0 Å². The van der Waals surface area contributed by atoms with Gasteiger partial charge < -0.3 is 10.1 Å². The Balaban J connectivity index is 1.81. The minimum absolute atomic E-state index is 0.0757. The van der Waals surface area contributed by atoms with Crippen LogP contribution in [-0.2, 0) is 4.79 Å². The number of hydrogen-bond donors (Lipinski definition) is 1. The van der Waals surface area contributed by atoms with Gasteiger partial charge in [0.15, 0.2) is 0 Å². The third-order valence-corrected chi connectivity index (χ3v) is 4.23. The minimum atomic E-state index is -0.0757. The summed E-state index contributed by atoms with van der Waals surface area (Å²) in [5, 5.41) is 5.76. The SMILES string of the molecule is COc1ccc(-c2nc(-c3ccc(NC(C)=O)cc3)cs2)cc1. The zero-order valence-electron chi connectivity index (χ0n) is 12.9. The number of carbonyl (C=O) groups excluding carboxylic acids is 1. The van der Waals surface area contributed by atoms with Gasteiger partial charge in [-0.2, -0.15) is 0 Å². The van der Waals surface area contributed by atoms with Gasteiger partial charge in [-0.05, 0) is 36.4 Å². The number of hydrogen-bond acceptors (Lipinski definition) is 4. The summed E-state index contributed by atoms with van der Waals surface area (Å²) < 4.78 is 5.17. The number of ether oxygens (including phenoxy) is 1. The van der Waals surface area contributed by atoms with Crippen molar-refractivity contribution >= 4 is 22.9 Å². The van der Waals surface area contributed by atoms with Gasteiger partial charge in [0, 0.05) is 29.1 Å². The number of benzene rings is 2. The molecule has 1 N–H and O–H groups in total. The molecular formula is C18H16N2O2S. The minimum Gasteiger partial charge on any atom is -0.497 e. The van der Waals surface area contributed by atoms with Gasteiger partial charge in [-0.15, -0.1) is 11.3 Å². The van der Waals surface area contributed by atoms with Crippen LogP contribution in [0.2, 0.25) is 0 Å². The summed E-state index contributed by atoms with van der Waals surface area (Å²) in [5.41, 5.74) is 3.80. The molecule has 0 saturated heterocycles. The normalized spacial score (nSPS) is 10.3. The molecule has 2 aromatic carbocycles. The number of rotatable bonds is 4. The lowest BCUT2D eigenvalue weighted by Crippen LogP contribution is -2.05. The van der Waals surface area contributed by atoms with Gasteiger partial charge in [0.2, 0.25) is 5.91 Å². The fourth-order valence-electron chi connectivity index (χ4n) is 2.20. The number of carbonyl (C=O) groups is 1. The van der Waals surface area contributed by atoms with Crippen molar-refractivity contribution in [2.45, 2.75) is 6.92 Å². The Labute approximate surface area is 138 Å². The molecule has 0 bridgehead atoms. The van der Waals surface area contributed by atoms with E-state index in [1.165, 1.54) is 6.92 Å². The van der Waals surface area contributed by atoms with Gasteiger partial charge in [-0.1, -0.05) is 12.1 Å². The number of aromatic nitrogens is 1. The van der Waals surface area contributed by atoms with Crippen molar-refractivity contribution in [3.8, 4) is 27.6 Å². The second-order valence-electron chi connectivity index (χ2n) is 5.02. The molecule has 0 saturated carbocycles. The molecule has 23 heavy (non-hydrogen) atoms. The number of amides is 1. The van der Waals surface area contributed by atoms with Gasteiger partial charge in [-0.25, -0.2) is 4.98 Å². The maximum Gasteiger partial charge on any atom is 0.221 e. The van der Waals surface area contributed by atoms with E-state index in [-0.39, 0.29) is 5.91 Å². The average molecular weight is 324 g/mol. The fraction of sp³-hybridized carbons (Fsp3) is 0.111. The molecule has 4 nitrogen and oxygen atoms in total. The maximum absolute atomic E-state index is 11.0. The van der Waals surface area contributed by atoms with Gasteiger partial charge >= 0.3 is 0 Å². The topological polar surface area (TPSA) is 51.2 Å². The first-order valence-electron chi connectivity index (χ1n) is 7.13. The molecule has 0 atom stereocenters. The summed E-state index contributed by atoms with van der Waals surface area (Å²) in [6.07, 6.45) is 0. The highest BCUT2D eigenvalue weighted by atomic mass is 32.1. The van der Waals surface area contributed by atoms with E-state index in [1.54, 1.807) is 18.4 Å². The Hall–Kier alpha value is -2.66. The quantitative estimate of drug-likeness (QED) is 0.771. The number of nitrogens with zero attached hydrogens (tertiary/aromatic N) is 1. The largest absolute Gasteiger partial charge is 0.497 e. The van der Waals surface area contributed by atoms with Crippen LogP contribution in [0.15, 0.2) is 53.9 Å². The lowest BCUT2D eigenvalue weighted by Gasteiger charge is -2.03. The molecule has 1 heterocycles. The summed E-state index contributed by atoms with van der Waals surface area (Å²) in [6, 6.07) is 15.5. The van der Waals surface area contributed by atoms with Crippen molar-refractivity contribution in [2.24, 2.45) is 0 Å². The molecule has 3 aromatic rings. The molecular weight excluding hydrogens is 308 g/mol. The van der Waals surface area contributed by atoms with E-state index in [9.17, 15) is 4.79 Å². The van der Waals surface area contributed by atoms with Crippen LogP contribution in [0.25, 0.3) is 21.8 Å². The van der Waals surface area contributed by atoms with Crippen molar-refractivity contribution in [1.29, 1.82) is 0 Å². The third kappa shape index (κ3) is 3.57. The Morgan fingerprint density at radius 3 is 2.30 bits per heavy atom. The highest BCUT2D eigenvalue weighted by Crippen LogP contribution is 2.30. The van der Waals surface area contributed by atoms with Crippen LogP contribution in [0.1, 0.15) is 6.92 Å². The van der Waals surface area contributed by atoms with Crippen LogP contribution in [-0.4, -0.2) is 18.0 Å². The maximum atomic E-state index is 11.0. The van der Waals surface area contributed by atoms with Crippen molar-refractivity contribution < 1.29 is 9.53 Å². The van der Waals surface area contributed by atoms with Crippen molar-refractivity contribution in [2.75, 3.05) is 12.4 Å². The number of anilines is 1. The van der Waals surface area contributed by atoms with E-state index in [1.807, 2.05) is 53.9 Å². The summed E-state index contributed by atoms with van der Waals surface area (Å²) >= 11 is 1.60. The van der Waals surface area contributed by atoms with E-state index in [0.29, 0.717) is 0 Å². The smallest absolute Gasteiger partial charge is 0.221 e. The fourth-order valence-corrected chi connectivity index (χ4v) is 3.04. The van der Waals surface area contributed by atoms with Crippen LogP contribution in [0, 0.1) is 0 Å². The monoisotopic (exact) mass is 324 g/mol. The highest BCUT2D eigenvalue weighted by Gasteiger charge is 2.07. The molecule has 5 heteroatoms. The van der Waals surface area contributed by atoms with Gasteiger partial charge in [0.1, 0.15) is 10.8 Å². The second-order valence-corrected chi connectivity index (χ2v) is 5.88. The summed E-state index contributed by atoms with van der Waals surface area (Å²) in [5.74, 6) is 0.757. The number of methoxy groups -OCH3 is 1. The Bertz CT molecular complexity index is 808. The Morgan fingerprint density at radius 1 is 1.04 bits per heavy atom.